The average molecular weight is 316 g/mol. The van der Waals surface area contributed by atoms with E-state index >= 15 is 0 Å². The first kappa shape index (κ1) is 16.7. The number of carbonyl (C=O) groups excluding carboxylic acids is 1. The molecule has 7 heteroatoms. The van der Waals surface area contributed by atoms with Crippen LogP contribution in [0.15, 0.2) is 30.3 Å². The molecule has 0 aliphatic rings. The van der Waals surface area contributed by atoms with Gasteiger partial charge in [-0.3, -0.25) is 4.79 Å². The molecule has 1 amide bonds. The normalized spacial score (nSPS) is 12.2. The van der Waals surface area contributed by atoms with Crippen LogP contribution in [-0.4, -0.2) is 37.8 Å². The molecule has 2 rings (SSSR count). The second kappa shape index (κ2) is 7.04. The molecule has 1 atom stereocenters. The number of nitrogens with zero attached hydrogens (tertiary/aromatic N) is 3. The Morgan fingerprint density at radius 3 is 2.43 bits per heavy atom. The molecule has 122 valence electrons. The smallest absolute Gasteiger partial charge is 0.326 e. The summed E-state index contributed by atoms with van der Waals surface area (Å²) < 4.78 is 1.60. The topological polar surface area (TPSA) is 97.1 Å². The van der Waals surface area contributed by atoms with Gasteiger partial charge < -0.3 is 10.4 Å². The summed E-state index contributed by atoms with van der Waals surface area (Å²) in [5, 5.41) is 15.9. The summed E-state index contributed by atoms with van der Waals surface area (Å²) in [5.41, 5.74) is 0.801. The van der Waals surface area contributed by atoms with Gasteiger partial charge in [-0.05, 0) is 18.1 Å². The fourth-order valence-electron chi connectivity index (χ4n) is 2.16. The molecule has 0 aliphatic carbocycles. The third kappa shape index (κ3) is 3.74. The van der Waals surface area contributed by atoms with Crippen molar-refractivity contribution >= 4 is 11.9 Å². The van der Waals surface area contributed by atoms with Crippen molar-refractivity contribution in [1.29, 1.82) is 0 Å². The van der Waals surface area contributed by atoms with Crippen molar-refractivity contribution in [2.24, 2.45) is 5.92 Å². The minimum atomic E-state index is -1.08. The molecular formula is C16H20N4O3. The lowest BCUT2D eigenvalue weighted by molar-refractivity contribution is -0.140. The first-order valence-corrected chi connectivity index (χ1v) is 7.49. The van der Waals surface area contributed by atoms with E-state index in [9.17, 15) is 9.59 Å². The van der Waals surface area contributed by atoms with Crippen LogP contribution >= 0.6 is 0 Å². The van der Waals surface area contributed by atoms with Gasteiger partial charge in [0.15, 0.2) is 0 Å². The number of aryl methyl sites for hydroxylation is 1. The number of aliphatic carboxylic acids is 1. The Morgan fingerprint density at radius 1 is 1.26 bits per heavy atom. The van der Waals surface area contributed by atoms with Crippen molar-refractivity contribution in [3.63, 3.8) is 0 Å². The van der Waals surface area contributed by atoms with Crippen LogP contribution in [0.4, 0.5) is 0 Å². The van der Waals surface area contributed by atoms with E-state index in [0.29, 0.717) is 12.2 Å². The number of benzene rings is 1. The number of amides is 1. The fraction of sp³-hybridized carbons (Fsp3) is 0.375. The molecule has 0 radical (unpaired) electrons. The number of hydrogen-bond acceptors (Lipinski definition) is 4. The number of rotatable bonds is 6. The Hall–Kier alpha value is -2.70. The monoisotopic (exact) mass is 316 g/mol. The molecule has 1 aromatic heterocycles. The minimum absolute atomic E-state index is 0.0300. The maximum absolute atomic E-state index is 12.3. The highest BCUT2D eigenvalue weighted by molar-refractivity contribution is 5.93. The highest BCUT2D eigenvalue weighted by Crippen LogP contribution is 2.11. The zero-order valence-electron chi connectivity index (χ0n) is 13.4. The zero-order chi connectivity index (χ0) is 17.0. The van der Waals surface area contributed by atoms with E-state index in [4.69, 9.17) is 5.11 Å². The molecule has 0 aliphatic heterocycles. The molecule has 0 spiro atoms. The molecule has 2 N–H and O–H groups in total. The lowest BCUT2D eigenvalue weighted by Crippen LogP contribution is -2.44. The van der Waals surface area contributed by atoms with Crippen molar-refractivity contribution in [3.8, 4) is 5.69 Å². The van der Waals surface area contributed by atoms with Crippen LogP contribution in [0.2, 0.25) is 0 Å². The first-order chi connectivity index (χ1) is 10.9. The van der Waals surface area contributed by atoms with Gasteiger partial charge in [-0.2, -0.15) is 0 Å². The Balaban J connectivity index is 2.29. The SMILES string of the molecule is CCc1nc(C(=O)N[C@@H](C(=O)O)C(C)C)nn1-c1ccccc1. The molecule has 23 heavy (non-hydrogen) atoms. The van der Waals surface area contributed by atoms with Gasteiger partial charge in [0.25, 0.3) is 5.91 Å². The quantitative estimate of drug-likeness (QED) is 0.845. The van der Waals surface area contributed by atoms with E-state index in [1.807, 2.05) is 37.3 Å². The van der Waals surface area contributed by atoms with Gasteiger partial charge in [0.2, 0.25) is 5.82 Å². The van der Waals surface area contributed by atoms with Crippen LogP contribution in [0, 0.1) is 5.92 Å². The van der Waals surface area contributed by atoms with Crippen LogP contribution in [0.3, 0.4) is 0 Å². The highest BCUT2D eigenvalue weighted by Gasteiger charge is 2.26. The van der Waals surface area contributed by atoms with Crippen molar-refractivity contribution in [2.45, 2.75) is 33.2 Å². The third-order valence-corrected chi connectivity index (χ3v) is 3.41. The summed E-state index contributed by atoms with van der Waals surface area (Å²) >= 11 is 0. The number of nitrogens with one attached hydrogen (secondary N) is 1. The summed E-state index contributed by atoms with van der Waals surface area (Å²) in [4.78, 5) is 27.7. The van der Waals surface area contributed by atoms with E-state index in [1.165, 1.54) is 0 Å². The first-order valence-electron chi connectivity index (χ1n) is 7.49. The number of carbonyl (C=O) groups is 2. The summed E-state index contributed by atoms with van der Waals surface area (Å²) in [6, 6.07) is 8.38. The molecule has 7 nitrogen and oxygen atoms in total. The van der Waals surface area contributed by atoms with Crippen LogP contribution < -0.4 is 5.32 Å². The van der Waals surface area contributed by atoms with Gasteiger partial charge in [0.05, 0.1) is 5.69 Å². The lowest BCUT2D eigenvalue weighted by Gasteiger charge is -2.16. The minimum Gasteiger partial charge on any atom is -0.480 e. The molecule has 0 saturated heterocycles. The van der Waals surface area contributed by atoms with Gasteiger partial charge in [-0.15, -0.1) is 5.10 Å². The predicted octanol–water partition coefficient (Wildman–Crippen LogP) is 1.67. The standard InChI is InChI=1S/C16H20N4O3/c1-4-12-17-14(15(21)18-13(10(2)3)16(22)23)19-20(12)11-8-6-5-7-9-11/h5-10,13H,4H2,1-3H3,(H,18,21)(H,22,23)/t13-/m1/s1. The zero-order valence-corrected chi connectivity index (χ0v) is 13.4. The summed E-state index contributed by atoms with van der Waals surface area (Å²) in [5.74, 6) is -1.30. The van der Waals surface area contributed by atoms with Crippen molar-refractivity contribution in [2.75, 3.05) is 0 Å². The van der Waals surface area contributed by atoms with E-state index in [2.05, 4.69) is 15.4 Å². The Kier molecular flexibility index (Phi) is 5.10. The Morgan fingerprint density at radius 2 is 1.91 bits per heavy atom. The van der Waals surface area contributed by atoms with Crippen LogP contribution in [0.5, 0.6) is 0 Å². The number of aromatic nitrogens is 3. The van der Waals surface area contributed by atoms with Crippen LogP contribution in [0.1, 0.15) is 37.2 Å². The Labute approximate surface area is 134 Å². The maximum atomic E-state index is 12.3. The van der Waals surface area contributed by atoms with E-state index in [1.54, 1.807) is 18.5 Å². The molecular weight excluding hydrogens is 296 g/mol. The summed E-state index contributed by atoms with van der Waals surface area (Å²) in [6.07, 6.45) is 0.599. The van der Waals surface area contributed by atoms with E-state index in [0.717, 1.165) is 5.69 Å². The summed E-state index contributed by atoms with van der Waals surface area (Å²) in [7, 11) is 0. The molecule has 1 aromatic carbocycles. The maximum Gasteiger partial charge on any atom is 0.326 e. The van der Waals surface area contributed by atoms with Crippen molar-refractivity contribution in [3.05, 3.63) is 42.0 Å². The lowest BCUT2D eigenvalue weighted by atomic mass is 10.1. The van der Waals surface area contributed by atoms with Gasteiger partial charge in [0, 0.05) is 6.42 Å². The van der Waals surface area contributed by atoms with Crippen LogP contribution in [-0.2, 0) is 11.2 Å². The Bertz CT molecular complexity index is 695. The second-order valence-electron chi connectivity index (χ2n) is 5.49. The predicted molar refractivity (Wildman–Crippen MR) is 84.5 cm³/mol. The van der Waals surface area contributed by atoms with E-state index in [-0.39, 0.29) is 11.7 Å². The second-order valence-corrected chi connectivity index (χ2v) is 5.49. The molecule has 0 unspecified atom stereocenters. The number of hydrogen-bond donors (Lipinski definition) is 2. The van der Waals surface area contributed by atoms with Gasteiger partial charge in [-0.25, -0.2) is 14.5 Å². The average Bonchev–Trinajstić information content (AvgIpc) is 2.97. The summed E-state index contributed by atoms with van der Waals surface area (Å²) in [6.45, 7) is 5.37. The number of carboxylic acid groups (broad SMARTS) is 1. The molecule has 0 saturated carbocycles. The fourth-order valence-corrected chi connectivity index (χ4v) is 2.16. The van der Waals surface area contributed by atoms with Gasteiger partial charge in [0.1, 0.15) is 11.9 Å². The van der Waals surface area contributed by atoms with Crippen LogP contribution in [0.25, 0.3) is 5.69 Å². The van der Waals surface area contributed by atoms with Gasteiger partial charge >= 0.3 is 5.97 Å². The molecule has 0 fully saturated rings. The third-order valence-electron chi connectivity index (χ3n) is 3.41. The van der Waals surface area contributed by atoms with E-state index < -0.39 is 17.9 Å². The molecule has 1 heterocycles. The number of carboxylic acids is 1. The highest BCUT2D eigenvalue weighted by atomic mass is 16.4. The van der Waals surface area contributed by atoms with Gasteiger partial charge in [-0.1, -0.05) is 39.0 Å². The van der Waals surface area contributed by atoms with Crippen molar-refractivity contribution in [1.82, 2.24) is 20.1 Å². The van der Waals surface area contributed by atoms with Crippen molar-refractivity contribution < 1.29 is 14.7 Å². The molecule has 2 aromatic rings. The largest absolute Gasteiger partial charge is 0.480 e. The number of para-hydroxylation sites is 1. The molecule has 0 bridgehead atoms.